The average molecular weight is 372 g/mol. The molecule has 0 spiro atoms. The zero-order valence-corrected chi connectivity index (χ0v) is 14.4. The normalized spacial score (nSPS) is 11.9. The summed E-state index contributed by atoms with van der Waals surface area (Å²) in [7, 11) is 4.88. The van der Waals surface area contributed by atoms with Gasteiger partial charge in [0, 0.05) is 5.02 Å². The highest BCUT2D eigenvalue weighted by molar-refractivity contribution is 9.09. The van der Waals surface area contributed by atoms with Crippen LogP contribution < -0.4 is 14.2 Å². The maximum atomic E-state index is 6.35. The zero-order chi connectivity index (χ0) is 15.4. The Bertz CT molecular complexity index is 609. The summed E-state index contributed by atoms with van der Waals surface area (Å²) < 4.78 is 16.1. The largest absolute Gasteiger partial charge is 0.497 e. The highest BCUT2D eigenvalue weighted by Crippen LogP contribution is 2.44. The van der Waals surface area contributed by atoms with Crippen molar-refractivity contribution < 1.29 is 14.2 Å². The summed E-state index contributed by atoms with van der Waals surface area (Å²) in [6, 6.07) is 11.3. The van der Waals surface area contributed by atoms with Gasteiger partial charge in [-0.3, -0.25) is 0 Å². The van der Waals surface area contributed by atoms with Crippen LogP contribution in [0.25, 0.3) is 0 Å². The second kappa shape index (κ2) is 7.05. The topological polar surface area (TPSA) is 27.7 Å². The molecule has 0 radical (unpaired) electrons. The molecule has 1 atom stereocenters. The lowest BCUT2D eigenvalue weighted by Crippen LogP contribution is -2.01. The van der Waals surface area contributed by atoms with Gasteiger partial charge in [-0.15, -0.1) is 0 Å². The summed E-state index contributed by atoms with van der Waals surface area (Å²) in [5, 5.41) is 0.615. The number of ether oxygens (including phenoxy) is 3. The minimum absolute atomic E-state index is 0.151. The summed E-state index contributed by atoms with van der Waals surface area (Å²) in [5.74, 6) is 2.20. The Labute approximate surface area is 137 Å². The molecule has 5 heteroatoms. The van der Waals surface area contributed by atoms with E-state index in [9.17, 15) is 0 Å². The first-order valence-corrected chi connectivity index (χ1v) is 7.60. The number of rotatable bonds is 5. The van der Waals surface area contributed by atoms with Gasteiger partial charge in [-0.05, 0) is 29.8 Å². The highest BCUT2D eigenvalue weighted by atomic mass is 79.9. The van der Waals surface area contributed by atoms with Gasteiger partial charge in [-0.1, -0.05) is 39.7 Å². The molecule has 0 aliphatic rings. The van der Waals surface area contributed by atoms with Crippen LogP contribution in [-0.4, -0.2) is 21.3 Å². The molecular formula is C16H16BrClO3. The lowest BCUT2D eigenvalue weighted by atomic mass is 10.0. The van der Waals surface area contributed by atoms with Crippen molar-refractivity contribution >= 4 is 27.5 Å². The van der Waals surface area contributed by atoms with Crippen LogP contribution in [0.3, 0.4) is 0 Å². The average Bonchev–Trinajstić information content (AvgIpc) is 2.53. The lowest BCUT2D eigenvalue weighted by Gasteiger charge is -2.19. The van der Waals surface area contributed by atoms with Crippen LogP contribution >= 0.6 is 27.5 Å². The van der Waals surface area contributed by atoms with Gasteiger partial charge in [0.15, 0.2) is 0 Å². The molecule has 0 bridgehead atoms. The lowest BCUT2D eigenvalue weighted by molar-refractivity contribution is 0.386. The molecule has 2 rings (SSSR count). The fraction of sp³-hybridized carbons (Fsp3) is 0.250. The molecule has 21 heavy (non-hydrogen) atoms. The van der Waals surface area contributed by atoms with Crippen LogP contribution in [0.4, 0.5) is 0 Å². The SMILES string of the molecule is COc1ccc(C(Br)c2c(OC)cccc2OC)c(Cl)c1. The monoisotopic (exact) mass is 370 g/mol. The standard InChI is InChI=1S/C16H16BrClO3/c1-19-10-7-8-11(12(18)9-10)16(17)15-13(20-2)5-4-6-14(15)21-3/h4-9,16H,1-3H3. The van der Waals surface area contributed by atoms with E-state index < -0.39 is 0 Å². The Balaban J connectivity index is 2.51. The third kappa shape index (κ3) is 3.27. The first-order chi connectivity index (χ1) is 10.1. The van der Waals surface area contributed by atoms with E-state index in [4.69, 9.17) is 25.8 Å². The van der Waals surface area contributed by atoms with Crippen LogP contribution in [0.1, 0.15) is 16.0 Å². The Morgan fingerprint density at radius 1 is 0.952 bits per heavy atom. The molecule has 0 amide bonds. The molecule has 2 aromatic rings. The van der Waals surface area contributed by atoms with Crippen molar-refractivity contribution in [3.05, 3.63) is 52.5 Å². The van der Waals surface area contributed by atoms with Crippen LogP contribution in [0.2, 0.25) is 5.02 Å². The van der Waals surface area contributed by atoms with E-state index in [2.05, 4.69) is 15.9 Å². The van der Waals surface area contributed by atoms with Crippen molar-refractivity contribution in [1.82, 2.24) is 0 Å². The first kappa shape index (κ1) is 16.0. The Hall–Kier alpha value is -1.39. The predicted molar refractivity (Wildman–Crippen MR) is 88.3 cm³/mol. The number of methoxy groups -OCH3 is 3. The maximum Gasteiger partial charge on any atom is 0.127 e. The molecule has 0 aliphatic carbocycles. The van der Waals surface area contributed by atoms with Gasteiger partial charge in [0.1, 0.15) is 17.2 Å². The fourth-order valence-corrected chi connectivity index (χ4v) is 3.39. The summed E-state index contributed by atoms with van der Waals surface area (Å²) in [6.07, 6.45) is 0. The van der Waals surface area contributed by atoms with Gasteiger partial charge in [0.05, 0.1) is 31.7 Å². The minimum atomic E-state index is -0.151. The predicted octanol–water partition coefficient (Wildman–Crippen LogP) is 4.85. The van der Waals surface area contributed by atoms with Crippen molar-refractivity contribution in [3.8, 4) is 17.2 Å². The molecule has 0 saturated carbocycles. The quantitative estimate of drug-likeness (QED) is 0.703. The highest BCUT2D eigenvalue weighted by Gasteiger charge is 2.22. The van der Waals surface area contributed by atoms with Crippen molar-refractivity contribution in [3.63, 3.8) is 0 Å². The number of halogens is 2. The molecule has 0 N–H and O–H groups in total. The Kier molecular flexibility index (Phi) is 5.37. The van der Waals surface area contributed by atoms with Crippen molar-refractivity contribution in [2.45, 2.75) is 4.83 Å². The van der Waals surface area contributed by atoms with Gasteiger partial charge in [0.2, 0.25) is 0 Å². The maximum absolute atomic E-state index is 6.35. The number of hydrogen-bond acceptors (Lipinski definition) is 3. The molecule has 0 aliphatic heterocycles. The molecule has 1 unspecified atom stereocenters. The number of hydrogen-bond donors (Lipinski definition) is 0. The second-order valence-corrected chi connectivity index (χ2v) is 5.65. The third-order valence-electron chi connectivity index (χ3n) is 3.20. The van der Waals surface area contributed by atoms with Crippen LogP contribution in [0.15, 0.2) is 36.4 Å². The summed E-state index contributed by atoms with van der Waals surface area (Å²) >= 11 is 10.0. The minimum Gasteiger partial charge on any atom is -0.497 e. The molecule has 112 valence electrons. The van der Waals surface area contributed by atoms with Crippen molar-refractivity contribution in [2.75, 3.05) is 21.3 Å². The smallest absolute Gasteiger partial charge is 0.127 e. The van der Waals surface area contributed by atoms with E-state index in [-0.39, 0.29) is 4.83 Å². The van der Waals surface area contributed by atoms with Crippen LogP contribution in [-0.2, 0) is 0 Å². The Morgan fingerprint density at radius 3 is 2.05 bits per heavy atom. The van der Waals surface area contributed by atoms with Crippen molar-refractivity contribution in [1.29, 1.82) is 0 Å². The van der Waals surface area contributed by atoms with Crippen LogP contribution in [0.5, 0.6) is 17.2 Å². The van der Waals surface area contributed by atoms with Gasteiger partial charge in [0.25, 0.3) is 0 Å². The van der Waals surface area contributed by atoms with Crippen LogP contribution in [0, 0.1) is 0 Å². The van der Waals surface area contributed by atoms with E-state index >= 15 is 0 Å². The van der Waals surface area contributed by atoms with E-state index in [0.29, 0.717) is 5.02 Å². The molecule has 3 nitrogen and oxygen atoms in total. The molecule has 0 heterocycles. The molecule has 0 saturated heterocycles. The van der Waals surface area contributed by atoms with Gasteiger partial charge in [-0.25, -0.2) is 0 Å². The summed E-state index contributed by atoms with van der Waals surface area (Å²) in [5.41, 5.74) is 1.81. The van der Waals surface area contributed by atoms with Gasteiger partial charge in [-0.2, -0.15) is 0 Å². The van der Waals surface area contributed by atoms with E-state index in [0.717, 1.165) is 28.4 Å². The first-order valence-electron chi connectivity index (χ1n) is 6.30. The summed E-state index contributed by atoms with van der Waals surface area (Å²) in [6.45, 7) is 0. The van der Waals surface area contributed by atoms with Gasteiger partial charge < -0.3 is 14.2 Å². The Morgan fingerprint density at radius 2 is 1.57 bits per heavy atom. The zero-order valence-electron chi connectivity index (χ0n) is 12.0. The second-order valence-electron chi connectivity index (χ2n) is 4.33. The number of alkyl halides is 1. The van der Waals surface area contributed by atoms with E-state index in [1.165, 1.54) is 0 Å². The molecule has 0 fully saturated rings. The van der Waals surface area contributed by atoms with E-state index in [1.807, 2.05) is 30.3 Å². The van der Waals surface area contributed by atoms with E-state index in [1.54, 1.807) is 27.4 Å². The molecule has 2 aromatic carbocycles. The molecular weight excluding hydrogens is 356 g/mol. The molecule has 0 aromatic heterocycles. The summed E-state index contributed by atoms with van der Waals surface area (Å²) in [4.78, 5) is -0.151. The number of benzene rings is 2. The van der Waals surface area contributed by atoms with Crippen molar-refractivity contribution in [2.24, 2.45) is 0 Å². The van der Waals surface area contributed by atoms with Gasteiger partial charge >= 0.3 is 0 Å². The third-order valence-corrected chi connectivity index (χ3v) is 4.48. The fourth-order valence-electron chi connectivity index (χ4n) is 2.13.